The number of nitrogens with zero attached hydrogens (tertiary/aromatic N) is 4. The molecule has 3 rings (SSSR count). The Labute approximate surface area is 135 Å². The van der Waals surface area contributed by atoms with Crippen LogP contribution in [0.25, 0.3) is 0 Å². The van der Waals surface area contributed by atoms with Gasteiger partial charge in [0.15, 0.2) is 0 Å². The van der Waals surface area contributed by atoms with Crippen molar-refractivity contribution in [3.05, 3.63) is 41.2 Å². The molecule has 1 fully saturated rings. The van der Waals surface area contributed by atoms with Crippen molar-refractivity contribution >= 4 is 16.7 Å². The Morgan fingerprint density at radius 3 is 2.77 bits per heavy atom. The standard InChI is InChI=1S/C16H23N5S/c1-13-3-2-4-14(11-13)12-15-18-16(22-19-15)21-9-7-20(6-5-17)8-10-21/h2-4,11H,5-10,12,17H2,1H3. The topological polar surface area (TPSA) is 58.3 Å². The first-order valence-electron chi connectivity index (χ1n) is 7.80. The largest absolute Gasteiger partial charge is 0.344 e. The van der Waals surface area contributed by atoms with Crippen molar-refractivity contribution in [3.63, 3.8) is 0 Å². The number of rotatable bonds is 5. The highest BCUT2D eigenvalue weighted by atomic mass is 32.1. The third-order valence-corrected chi connectivity index (χ3v) is 4.81. The number of benzene rings is 1. The molecule has 0 amide bonds. The number of piperazine rings is 1. The van der Waals surface area contributed by atoms with Crippen molar-refractivity contribution in [3.8, 4) is 0 Å². The summed E-state index contributed by atoms with van der Waals surface area (Å²) in [6.07, 6.45) is 0.811. The van der Waals surface area contributed by atoms with Crippen molar-refractivity contribution < 1.29 is 0 Å². The number of nitrogens with two attached hydrogens (primary N) is 1. The van der Waals surface area contributed by atoms with E-state index >= 15 is 0 Å². The van der Waals surface area contributed by atoms with Crippen LogP contribution < -0.4 is 10.6 Å². The lowest BCUT2D eigenvalue weighted by molar-refractivity contribution is 0.265. The first-order chi connectivity index (χ1) is 10.7. The fourth-order valence-electron chi connectivity index (χ4n) is 2.80. The summed E-state index contributed by atoms with van der Waals surface area (Å²) in [4.78, 5) is 9.47. The molecular weight excluding hydrogens is 294 g/mol. The van der Waals surface area contributed by atoms with Crippen LogP contribution in [-0.2, 0) is 6.42 Å². The van der Waals surface area contributed by atoms with E-state index in [2.05, 4.69) is 45.4 Å². The van der Waals surface area contributed by atoms with Crippen LogP contribution >= 0.6 is 11.5 Å². The van der Waals surface area contributed by atoms with Crippen LogP contribution in [0.2, 0.25) is 0 Å². The average molecular weight is 317 g/mol. The summed E-state index contributed by atoms with van der Waals surface area (Å²) < 4.78 is 4.53. The highest BCUT2D eigenvalue weighted by Crippen LogP contribution is 2.20. The number of aromatic nitrogens is 2. The van der Waals surface area contributed by atoms with Crippen LogP contribution in [0.3, 0.4) is 0 Å². The van der Waals surface area contributed by atoms with E-state index in [-0.39, 0.29) is 0 Å². The number of aryl methyl sites for hydroxylation is 1. The molecule has 1 aromatic carbocycles. The van der Waals surface area contributed by atoms with Crippen LogP contribution in [0.5, 0.6) is 0 Å². The second-order valence-corrected chi connectivity index (χ2v) is 6.51. The fraction of sp³-hybridized carbons (Fsp3) is 0.500. The second kappa shape index (κ2) is 7.17. The predicted molar refractivity (Wildman–Crippen MR) is 91.6 cm³/mol. The number of anilines is 1. The van der Waals surface area contributed by atoms with E-state index in [9.17, 15) is 0 Å². The Kier molecular flexibility index (Phi) is 5.02. The molecule has 2 aromatic rings. The molecule has 0 unspecified atom stereocenters. The first-order valence-corrected chi connectivity index (χ1v) is 8.57. The Morgan fingerprint density at radius 2 is 2.05 bits per heavy atom. The zero-order chi connectivity index (χ0) is 15.4. The van der Waals surface area contributed by atoms with E-state index in [0.29, 0.717) is 0 Å². The van der Waals surface area contributed by atoms with Gasteiger partial charge in [-0.3, -0.25) is 4.90 Å². The van der Waals surface area contributed by atoms with Gasteiger partial charge in [-0.2, -0.15) is 4.37 Å². The van der Waals surface area contributed by atoms with Gasteiger partial charge >= 0.3 is 0 Å². The lowest BCUT2D eigenvalue weighted by Gasteiger charge is -2.33. The molecular formula is C16H23N5S. The quantitative estimate of drug-likeness (QED) is 0.906. The van der Waals surface area contributed by atoms with Gasteiger partial charge in [0.2, 0.25) is 5.13 Å². The average Bonchev–Trinajstić information content (AvgIpc) is 2.97. The van der Waals surface area contributed by atoms with Crippen molar-refractivity contribution in [1.29, 1.82) is 0 Å². The maximum Gasteiger partial charge on any atom is 0.205 e. The summed E-state index contributed by atoms with van der Waals surface area (Å²) in [7, 11) is 0. The van der Waals surface area contributed by atoms with E-state index in [1.54, 1.807) is 0 Å². The molecule has 118 valence electrons. The van der Waals surface area contributed by atoms with Crippen molar-refractivity contribution in [2.24, 2.45) is 5.73 Å². The van der Waals surface area contributed by atoms with Gasteiger partial charge in [-0.15, -0.1) is 0 Å². The number of hydrogen-bond donors (Lipinski definition) is 1. The molecule has 5 nitrogen and oxygen atoms in total. The SMILES string of the molecule is Cc1cccc(Cc2nsc(N3CCN(CCN)CC3)n2)c1. The molecule has 1 aliphatic rings. The summed E-state index contributed by atoms with van der Waals surface area (Å²) in [6, 6.07) is 8.55. The van der Waals surface area contributed by atoms with E-state index in [1.807, 2.05) is 0 Å². The van der Waals surface area contributed by atoms with E-state index in [0.717, 1.165) is 56.6 Å². The predicted octanol–water partition coefficient (Wildman–Crippen LogP) is 1.52. The third-order valence-electron chi connectivity index (χ3n) is 3.99. The van der Waals surface area contributed by atoms with Crippen LogP contribution in [-0.4, -0.2) is 53.5 Å². The highest BCUT2D eigenvalue weighted by Gasteiger charge is 2.19. The molecule has 1 aromatic heterocycles. The maximum absolute atomic E-state index is 5.62. The van der Waals surface area contributed by atoms with Crippen molar-refractivity contribution in [2.45, 2.75) is 13.3 Å². The molecule has 6 heteroatoms. The molecule has 0 bridgehead atoms. The van der Waals surface area contributed by atoms with E-state index in [1.165, 1.54) is 22.7 Å². The Hall–Kier alpha value is -1.50. The van der Waals surface area contributed by atoms with Crippen LogP contribution in [0.1, 0.15) is 17.0 Å². The molecule has 0 radical (unpaired) electrons. The minimum absolute atomic E-state index is 0.736. The van der Waals surface area contributed by atoms with E-state index < -0.39 is 0 Å². The van der Waals surface area contributed by atoms with Gasteiger partial charge in [-0.25, -0.2) is 4.98 Å². The molecule has 1 saturated heterocycles. The van der Waals surface area contributed by atoms with Gasteiger partial charge in [0, 0.05) is 57.2 Å². The molecule has 1 aliphatic heterocycles. The van der Waals surface area contributed by atoms with Crippen LogP contribution in [0, 0.1) is 6.92 Å². The normalized spacial score (nSPS) is 16.2. The Balaban J connectivity index is 1.60. The molecule has 0 spiro atoms. The molecule has 2 heterocycles. The van der Waals surface area contributed by atoms with Crippen LogP contribution in [0.15, 0.2) is 24.3 Å². The van der Waals surface area contributed by atoms with Gasteiger partial charge < -0.3 is 10.6 Å². The highest BCUT2D eigenvalue weighted by molar-refractivity contribution is 7.09. The number of hydrogen-bond acceptors (Lipinski definition) is 6. The summed E-state index contributed by atoms with van der Waals surface area (Å²) in [6.45, 7) is 7.98. The molecule has 22 heavy (non-hydrogen) atoms. The van der Waals surface area contributed by atoms with Gasteiger partial charge in [-0.1, -0.05) is 29.8 Å². The summed E-state index contributed by atoms with van der Waals surface area (Å²) in [5.41, 5.74) is 8.17. The monoisotopic (exact) mass is 317 g/mol. The smallest absolute Gasteiger partial charge is 0.205 e. The van der Waals surface area contributed by atoms with Gasteiger partial charge in [-0.05, 0) is 12.5 Å². The Bertz CT molecular complexity index is 604. The minimum Gasteiger partial charge on any atom is -0.344 e. The first kappa shape index (κ1) is 15.4. The maximum atomic E-state index is 5.62. The summed E-state index contributed by atoms with van der Waals surface area (Å²) >= 11 is 1.52. The van der Waals surface area contributed by atoms with Gasteiger partial charge in [0.25, 0.3) is 0 Å². The Morgan fingerprint density at radius 1 is 1.23 bits per heavy atom. The summed E-state index contributed by atoms with van der Waals surface area (Å²) in [5.74, 6) is 0.926. The zero-order valence-corrected chi connectivity index (χ0v) is 13.9. The lowest BCUT2D eigenvalue weighted by atomic mass is 10.1. The lowest BCUT2D eigenvalue weighted by Crippen LogP contribution is -2.47. The second-order valence-electron chi connectivity index (χ2n) is 5.78. The molecule has 0 atom stereocenters. The minimum atomic E-state index is 0.736. The van der Waals surface area contributed by atoms with Crippen LogP contribution in [0.4, 0.5) is 5.13 Å². The molecule has 0 saturated carbocycles. The summed E-state index contributed by atoms with van der Waals surface area (Å²) in [5, 5.41) is 1.05. The van der Waals surface area contributed by atoms with Gasteiger partial charge in [0.1, 0.15) is 5.82 Å². The van der Waals surface area contributed by atoms with Crippen molar-refractivity contribution in [2.75, 3.05) is 44.2 Å². The van der Waals surface area contributed by atoms with Crippen molar-refractivity contribution in [1.82, 2.24) is 14.3 Å². The van der Waals surface area contributed by atoms with E-state index in [4.69, 9.17) is 10.7 Å². The third kappa shape index (κ3) is 3.82. The van der Waals surface area contributed by atoms with Gasteiger partial charge in [0.05, 0.1) is 0 Å². The molecule has 2 N–H and O–H groups in total. The zero-order valence-electron chi connectivity index (χ0n) is 13.0. The molecule has 0 aliphatic carbocycles. The fourth-order valence-corrected chi connectivity index (χ4v) is 3.53.